The second-order valence-electron chi connectivity index (χ2n) is 8.29. The van der Waals surface area contributed by atoms with Crippen LogP contribution in [0.3, 0.4) is 0 Å². The zero-order valence-electron chi connectivity index (χ0n) is 18.7. The molecule has 2 aliphatic rings. The van der Waals surface area contributed by atoms with Gasteiger partial charge < -0.3 is 24.8 Å². The summed E-state index contributed by atoms with van der Waals surface area (Å²) in [6.07, 6.45) is 3.99. The molecular weight excluding hydrogens is 366 g/mol. The van der Waals surface area contributed by atoms with Crippen LogP contribution in [0.15, 0.2) is 17.4 Å². The molecule has 3 rings (SSSR count). The molecule has 29 heavy (non-hydrogen) atoms. The summed E-state index contributed by atoms with van der Waals surface area (Å²) in [5.74, 6) is 1.55. The van der Waals surface area contributed by atoms with Gasteiger partial charge in [-0.25, -0.2) is 0 Å². The van der Waals surface area contributed by atoms with E-state index in [4.69, 9.17) is 9.73 Å². The lowest BCUT2D eigenvalue weighted by molar-refractivity contribution is -0.00807. The van der Waals surface area contributed by atoms with Crippen LogP contribution in [0, 0.1) is 5.92 Å². The van der Waals surface area contributed by atoms with Crippen molar-refractivity contribution in [1.29, 1.82) is 0 Å². The average Bonchev–Trinajstić information content (AvgIpc) is 3.18. The molecular formula is C21H39N7O. The summed E-state index contributed by atoms with van der Waals surface area (Å²) in [7, 11) is 1.94. The van der Waals surface area contributed by atoms with Gasteiger partial charge in [0, 0.05) is 71.2 Å². The minimum absolute atomic E-state index is 0.0496. The predicted octanol–water partition coefficient (Wildman–Crippen LogP) is 1.03. The molecule has 0 bridgehead atoms. The Kier molecular flexibility index (Phi) is 8.32. The Bertz CT molecular complexity index is 639. The fourth-order valence-electron chi connectivity index (χ4n) is 4.10. The number of nitrogens with one attached hydrogen (secondary N) is 1. The molecule has 1 aromatic heterocycles. The van der Waals surface area contributed by atoms with Gasteiger partial charge in [-0.2, -0.15) is 5.10 Å². The van der Waals surface area contributed by atoms with Gasteiger partial charge in [-0.3, -0.25) is 9.67 Å². The zero-order valence-corrected chi connectivity index (χ0v) is 18.7. The van der Waals surface area contributed by atoms with Gasteiger partial charge in [0.25, 0.3) is 0 Å². The monoisotopic (exact) mass is 405 g/mol. The third-order valence-corrected chi connectivity index (χ3v) is 5.83. The molecule has 164 valence electrons. The van der Waals surface area contributed by atoms with Crippen molar-refractivity contribution in [3.05, 3.63) is 18.0 Å². The predicted molar refractivity (Wildman–Crippen MR) is 117 cm³/mol. The van der Waals surface area contributed by atoms with E-state index in [0.29, 0.717) is 12.5 Å². The molecule has 1 aromatic rings. The Hall–Kier alpha value is -1.64. The number of piperazine rings is 1. The van der Waals surface area contributed by atoms with Crippen LogP contribution < -0.4 is 5.32 Å². The Morgan fingerprint density at radius 3 is 2.66 bits per heavy atom. The molecule has 0 saturated carbocycles. The molecule has 0 aromatic carbocycles. The van der Waals surface area contributed by atoms with Crippen molar-refractivity contribution in [3.63, 3.8) is 0 Å². The summed E-state index contributed by atoms with van der Waals surface area (Å²) in [5.41, 5.74) is 1.13. The highest BCUT2D eigenvalue weighted by atomic mass is 16.5. The number of aliphatic imine (C=N–C) groups is 1. The number of morpholine rings is 1. The lowest BCUT2D eigenvalue weighted by Gasteiger charge is -2.36. The van der Waals surface area contributed by atoms with Crippen LogP contribution >= 0.6 is 0 Å². The molecule has 3 heterocycles. The molecule has 2 unspecified atom stereocenters. The van der Waals surface area contributed by atoms with Crippen LogP contribution in [0.2, 0.25) is 0 Å². The Morgan fingerprint density at radius 1 is 1.24 bits per heavy atom. The number of aryl methyl sites for hydroxylation is 1. The molecule has 2 aliphatic heterocycles. The van der Waals surface area contributed by atoms with Gasteiger partial charge in [-0.15, -0.1) is 0 Å². The SMILES string of the molecule is CCNC(=NCC(C)CN1CCN(CC)CC1)N1CCOC(c2cnn(C)c2)C1. The Balaban J connectivity index is 1.53. The molecule has 1 N–H and O–H groups in total. The first-order chi connectivity index (χ1) is 14.1. The zero-order chi connectivity index (χ0) is 20.6. The number of aromatic nitrogens is 2. The first-order valence-electron chi connectivity index (χ1n) is 11.2. The Labute approximate surface area is 175 Å². The summed E-state index contributed by atoms with van der Waals surface area (Å²) < 4.78 is 7.82. The summed E-state index contributed by atoms with van der Waals surface area (Å²) in [4.78, 5) is 12.4. The van der Waals surface area contributed by atoms with E-state index in [0.717, 1.165) is 44.2 Å². The van der Waals surface area contributed by atoms with E-state index >= 15 is 0 Å². The first-order valence-corrected chi connectivity index (χ1v) is 11.2. The number of rotatable bonds is 7. The molecule has 2 atom stereocenters. The second-order valence-corrected chi connectivity index (χ2v) is 8.29. The minimum Gasteiger partial charge on any atom is -0.370 e. The van der Waals surface area contributed by atoms with E-state index in [-0.39, 0.29) is 6.10 Å². The van der Waals surface area contributed by atoms with Gasteiger partial charge in [-0.05, 0) is 19.4 Å². The fourth-order valence-corrected chi connectivity index (χ4v) is 4.10. The lowest BCUT2D eigenvalue weighted by atomic mass is 10.1. The topological polar surface area (TPSA) is 61.2 Å². The van der Waals surface area contributed by atoms with Crippen molar-refractivity contribution in [1.82, 2.24) is 29.8 Å². The standard InChI is InChI=1S/C21H39N7O/c1-5-22-21(23-13-18(3)15-27-9-7-26(6-2)8-10-27)28-11-12-29-20(17-28)19-14-24-25(4)16-19/h14,16,18,20H,5-13,15,17H2,1-4H3,(H,22,23). The van der Waals surface area contributed by atoms with Crippen LogP contribution in [0.4, 0.5) is 0 Å². The highest BCUT2D eigenvalue weighted by Gasteiger charge is 2.25. The molecule has 8 nitrogen and oxygen atoms in total. The minimum atomic E-state index is 0.0496. The first kappa shape index (κ1) is 22.1. The van der Waals surface area contributed by atoms with Gasteiger partial charge in [0.2, 0.25) is 0 Å². The smallest absolute Gasteiger partial charge is 0.194 e. The summed E-state index contributed by atoms with van der Waals surface area (Å²) in [6, 6.07) is 0. The number of ether oxygens (including phenoxy) is 1. The summed E-state index contributed by atoms with van der Waals surface area (Å²) in [6.45, 7) is 17.9. The second kappa shape index (κ2) is 10.9. The summed E-state index contributed by atoms with van der Waals surface area (Å²) >= 11 is 0. The summed E-state index contributed by atoms with van der Waals surface area (Å²) in [5, 5.41) is 7.77. The van der Waals surface area contributed by atoms with Crippen molar-refractivity contribution in [3.8, 4) is 0 Å². The van der Waals surface area contributed by atoms with E-state index in [9.17, 15) is 0 Å². The number of hydrogen-bond donors (Lipinski definition) is 1. The fraction of sp³-hybridized carbons (Fsp3) is 0.810. The number of guanidine groups is 1. The maximum Gasteiger partial charge on any atom is 0.194 e. The maximum absolute atomic E-state index is 5.99. The van der Waals surface area contributed by atoms with Crippen LogP contribution in [0.1, 0.15) is 32.4 Å². The molecule has 2 fully saturated rings. The number of nitrogens with zero attached hydrogens (tertiary/aromatic N) is 6. The van der Waals surface area contributed by atoms with Crippen molar-refractivity contribution in [2.45, 2.75) is 26.9 Å². The number of likely N-dealkylation sites (N-methyl/N-ethyl adjacent to an activating group) is 1. The van der Waals surface area contributed by atoms with E-state index in [1.807, 2.05) is 24.1 Å². The third-order valence-electron chi connectivity index (χ3n) is 5.83. The van der Waals surface area contributed by atoms with Gasteiger partial charge in [0.1, 0.15) is 6.10 Å². The van der Waals surface area contributed by atoms with Gasteiger partial charge >= 0.3 is 0 Å². The van der Waals surface area contributed by atoms with Crippen LogP contribution in [-0.4, -0.2) is 102 Å². The van der Waals surface area contributed by atoms with Crippen molar-refractivity contribution in [2.24, 2.45) is 18.0 Å². The average molecular weight is 406 g/mol. The molecule has 0 radical (unpaired) electrons. The van der Waals surface area contributed by atoms with Gasteiger partial charge in [-0.1, -0.05) is 13.8 Å². The number of hydrogen-bond acceptors (Lipinski definition) is 5. The van der Waals surface area contributed by atoms with Crippen molar-refractivity contribution in [2.75, 3.05) is 72.1 Å². The van der Waals surface area contributed by atoms with E-state index in [1.54, 1.807) is 0 Å². The van der Waals surface area contributed by atoms with Crippen LogP contribution in [-0.2, 0) is 11.8 Å². The highest BCUT2D eigenvalue weighted by molar-refractivity contribution is 5.80. The van der Waals surface area contributed by atoms with Crippen LogP contribution in [0.25, 0.3) is 0 Å². The third kappa shape index (κ3) is 6.42. The van der Waals surface area contributed by atoms with Gasteiger partial charge in [0.15, 0.2) is 5.96 Å². The lowest BCUT2D eigenvalue weighted by Crippen LogP contribution is -2.49. The molecule has 0 spiro atoms. The van der Waals surface area contributed by atoms with Crippen molar-refractivity contribution < 1.29 is 4.74 Å². The van der Waals surface area contributed by atoms with Crippen molar-refractivity contribution >= 4 is 5.96 Å². The quantitative estimate of drug-likeness (QED) is 0.540. The molecule has 2 saturated heterocycles. The maximum atomic E-state index is 5.99. The van der Waals surface area contributed by atoms with E-state index in [1.165, 1.54) is 32.7 Å². The van der Waals surface area contributed by atoms with E-state index < -0.39 is 0 Å². The van der Waals surface area contributed by atoms with E-state index in [2.05, 4.69) is 45.9 Å². The molecule has 0 amide bonds. The Morgan fingerprint density at radius 2 is 2.00 bits per heavy atom. The van der Waals surface area contributed by atoms with Gasteiger partial charge in [0.05, 0.1) is 19.3 Å². The molecule has 0 aliphatic carbocycles. The normalized spacial score (nSPS) is 23.4. The largest absolute Gasteiger partial charge is 0.370 e. The molecule has 8 heteroatoms. The highest BCUT2D eigenvalue weighted by Crippen LogP contribution is 2.21. The van der Waals surface area contributed by atoms with Crippen LogP contribution in [0.5, 0.6) is 0 Å².